The zero-order valence-electron chi connectivity index (χ0n) is 40.8. The molecule has 0 atom stereocenters. The van der Waals surface area contributed by atoms with Gasteiger partial charge in [-0.1, -0.05) is 166 Å². The largest absolute Gasteiger partial charge is 0.374 e. The maximum Gasteiger partial charge on any atom is 0.333 e. The SMILES string of the molecule is CC(C)(C)c1ccc(N2c3cc4c(cc3B3c5c(cc6c(sc7ccccc76)c52)-c2cc(N(c5ccccc5)c5ccccc5)cc5c6sc7ccccc7c6n3c25)Sc2ccccc2S4)c(-c2ccccc2)c1. The van der Waals surface area contributed by atoms with Crippen LogP contribution in [-0.2, 0) is 5.41 Å². The molecule has 3 aromatic heterocycles. The minimum atomic E-state index is -0.126. The number of hydrogen-bond donors (Lipinski definition) is 0. The maximum atomic E-state index is 2.79. The number of aromatic nitrogens is 1. The number of anilines is 6. The molecule has 0 unspecified atom stereocenters. The molecule has 3 aliphatic heterocycles. The van der Waals surface area contributed by atoms with E-state index >= 15 is 0 Å². The Morgan fingerprint density at radius 1 is 0.432 bits per heavy atom. The van der Waals surface area contributed by atoms with E-state index in [0.29, 0.717) is 0 Å². The zero-order valence-corrected chi connectivity index (χ0v) is 44.0. The summed E-state index contributed by atoms with van der Waals surface area (Å²) in [6, 6.07) is 80.1. The van der Waals surface area contributed by atoms with Crippen molar-refractivity contribution in [1.82, 2.24) is 4.48 Å². The van der Waals surface area contributed by atoms with Gasteiger partial charge in [0.05, 0.1) is 26.3 Å². The van der Waals surface area contributed by atoms with Gasteiger partial charge in [0, 0.05) is 89.9 Å². The smallest absolute Gasteiger partial charge is 0.333 e. The van der Waals surface area contributed by atoms with Crippen molar-refractivity contribution in [3.63, 3.8) is 0 Å². The maximum absolute atomic E-state index is 2.79. The Bertz CT molecular complexity index is 4450. The highest BCUT2D eigenvalue weighted by atomic mass is 32.2. The van der Waals surface area contributed by atoms with Gasteiger partial charge in [0.25, 0.3) is 0 Å². The summed E-state index contributed by atoms with van der Waals surface area (Å²) in [5, 5.41) is 5.18. The van der Waals surface area contributed by atoms with Gasteiger partial charge in [-0.05, 0) is 124 Å². The second-order valence-corrected chi connectivity index (χ2v) is 25.1. The minimum absolute atomic E-state index is 0.0543. The van der Waals surface area contributed by atoms with Crippen LogP contribution in [0.2, 0.25) is 0 Å². The van der Waals surface area contributed by atoms with E-state index in [1.54, 1.807) is 0 Å². The Balaban J connectivity index is 1.10. The fourth-order valence-electron chi connectivity index (χ4n) is 12.2. The summed E-state index contributed by atoms with van der Waals surface area (Å²) >= 11 is 7.71. The van der Waals surface area contributed by atoms with Crippen molar-refractivity contribution in [2.75, 3.05) is 9.80 Å². The van der Waals surface area contributed by atoms with Crippen molar-refractivity contribution < 1.29 is 0 Å². The number of hydrogen-bond acceptors (Lipinski definition) is 6. The second-order valence-electron chi connectivity index (χ2n) is 20.8. The van der Waals surface area contributed by atoms with Gasteiger partial charge in [-0.2, -0.15) is 0 Å². The lowest BCUT2D eigenvalue weighted by atomic mass is 9.45. The van der Waals surface area contributed by atoms with Crippen molar-refractivity contribution in [3.8, 4) is 22.3 Å². The van der Waals surface area contributed by atoms with Crippen molar-refractivity contribution in [2.45, 2.75) is 45.8 Å². The Morgan fingerprint density at radius 3 is 1.74 bits per heavy atom. The number of para-hydroxylation sites is 2. The van der Waals surface area contributed by atoms with Crippen LogP contribution >= 0.6 is 46.2 Å². The van der Waals surface area contributed by atoms with E-state index in [9.17, 15) is 0 Å². The molecule has 0 bridgehead atoms. The van der Waals surface area contributed by atoms with E-state index in [2.05, 4.69) is 247 Å². The van der Waals surface area contributed by atoms with E-state index in [-0.39, 0.29) is 12.3 Å². The standard InChI is InChI=1S/C66H44BN3S4/c1-66(2,3)40-31-32-52(46(33-40)39-19-7-4-8-20-39)69-53-38-59-58(71-56-29-17-18-30-57(56)72-59)37-51(53)67-60-47(36-49-44-25-13-15-27-54(44)73-64(49)63(60)69)48-34-43(68(41-21-9-5-10-22-41)42-23-11-6-12-24-42)35-50-61(48)70(67)62-45-26-14-16-28-55(45)74-65(50)62/h4-38H,1-3H3. The molecule has 16 rings (SSSR count). The van der Waals surface area contributed by atoms with Gasteiger partial charge in [-0.25, -0.2) is 0 Å². The van der Waals surface area contributed by atoms with Crippen LogP contribution in [0, 0.1) is 0 Å². The van der Waals surface area contributed by atoms with E-state index in [4.69, 9.17) is 0 Å². The average Bonchev–Trinajstić information content (AvgIpc) is 4.26. The normalized spacial score (nSPS) is 13.4. The third-order valence-electron chi connectivity index (χ3n) is 15.5. The molecule has 74 heavy (non-hydrogen) atoms. The van der Waals surface area contributed by atoms with Crippen molar-refractivity contribution in [1.29, 1.82) is 0 Å². The predicted molar refractivity (Wildman–Crippen MR) is 322 cm³/mol. The third-order valence-corrected chi connectivity index (χ3v) is 20.4. The molecule has 0 saturated heterocycles. The Kier molecular flexibility index (Phi) is 9.31. The number of nitrogens with zero attached hydrogens (tertiary/aromatic N) is 3. The summed E-state index contributed by atoms with van der Waals surface area (Å²) < 4.78 is 8.04. The first-order valence-electron chi connectivity index (χ1n) is 25.3. The van der Waals surface area contributed by atoms with Crippen LogP contribution in [0.1, 0.15) is 26.3 Å². The lowest BCUT2D eigenvalue weighted by molar-refractivity contribution is 0.590. The highest BCUT2D eigenvalue weighted by Gasteiger charge is 2.46. The Hall–Kier alpha value is -7.46. The van der Waals surface area contributed by atoms with Crippen LogP contribution in [0.3, 0.4) is 0 Å². The van der Waals surface area contributed by atoms with Gasteiger partial charge in [0.15, 0.2) is 0 Å². The lowest BCUT2D eigenvalue weighted by Crippen LogP contribution is -2.56. The number of fused-ring (bicyclic) bond motifs is 15. The molecule has 6 heterocycles. The molecule has 0 fully saturated rings. The third kappa shape index (κ3) is 6.23. The van der Waals surface area contributed by atoms with Crippen LogP contribution in [0.4, 0.5) is 34.1 Å². The van der Waals surface area contributed by atoms with Gasteiger partial charge in [0.1, 0.15) is 0 Å². The van der Waals surface area contributed by atoms with Gasteiger partial charge < -0.3 is 14.3 Å². The van der Waals surface area contributed by atoms with Crippen LogP contribution in [0.25, 0.3) is 73.6 Å². The molecule has 10 aromatic carbocycles. The number of thiophene rings is 2. The van der Waals surface area contributed by atoms with Crippen LogP contribution < -0.4 is 20.7 Å². The predicted octanol–water partition coefficient (Wildman–Crippen LogP) is 18.8. The fraction of sp³-hybridized carbons (Fsp3) is 0.0606. The second kappa shape index (κ2) is 16.0. The first kappa shape index (κ1) is 43.0. The Labute approximate surface area is 446 Å². The van der Waals surface area contributed by atoms with Gasteiger partial charge in [-0.15, -0.1) is 22.7 Å². The summed E-state index contributed by atoms with van der Waals surface area (Å²) in [6.07, 6.45) is 0. The number of benzene rings is 10. The van der Waals surface area contributed by atoms with Gasteiger partial charge in [0.2, 0.25) is 0 Å². The molecule has 0 spiro atoms. The topological polar surface area (TPSA) is 11.4 Å². The van der Waals surface area contributed by atoms with Gasteiger partial charge in [-0.3, -0.25) is 0 Å². The van der Waals surface area contributed by atoms with E-state index in [1.807, 2.05) is 46.2 Å². The van der Waals surface area contributed by atoms with Gasteiger partial charge >= 0.3 is 6.85 Å². The number of rotatable bonds is 5. The highest BCUT2D eigenvalue weighted by molar-refractivity contribution is 8.05. The molecule has 3 aliphatic rings. The zero-order chi connectivity index (χ0) is 49.0. The monoisotopic (exact) mass is 1020 g/mol. The minimum Gasteiger partial charge on any atom is -0.374 e. The van der Waals surface area contributed by atoms with Crippen LogP contribution in [0.15, 0.2) is 232 Å². The Morgan fingerprint density at radius 2 is 1.04 bits per heavy atom. The van der Waals surface area contributed by atoms with Crippen LogP contribution in [0.5, 0.6) is 0 Å². The molecule has 350 valence electrons. The summed E-state index contributed by atoms with van der Waals surface area (Å²) in [7, 11) is 0. The molecule has 3 nitrogen and oxygen atoms in total. The van der Waals surface area contributed by atoms with E-state index in [0.717, 1.165) is 17.1 Å². The molecule has 0 saturated carbocycles. The fourth-order valence-corrected chi connectivity index (χ4v) is 16.9. The summed E-state index contributed by atoms with van der Waals surface area (Å²) in [5.74, 6) is 0. The molecule has 0 N–H and O–H groups in total. The van der Waals surface area contributed by atoms with Crippen molar-refractivity contribution in [3.05, 3.63) is 218 Å². The summed E-state index contributed by atoms with van der Waals surface area (Å²) in [4.78, 5) is 10.4. The molecule has 0 aliphatic carbocycles. The summed E-state index contributed by atoms with van der Waals surface area (Å²) in [5.41, 5.74) is 18.6. The molecule has 0 radical (unpaired) electrons. The molecule has 13 aromatic rings. The highest BCUT2D eigenvalue weighted by Crippen LogP contribution is 2.57. The first-order chi connectivity index (χ1) is 36.3. The molecular weight excluding hydrogens is 974 g/mol. The molecule has 0 amide bonds. The quantitative estimate of drug-likeness (QED) is 0.159. The first-order valence-corrected chi connectivity index (χ1v) is 28.6. The lowest BCUT2D eigenvalue weighted by Gasteiger charge is -2.42. The average molecular weight is 1020 g/mol. The molecular formula is C66H44BN3S4. The van der Waals surface area contributed by atoms with Crippen molar-refractivity contribution >= 4 is 149 Å². The summed E-state index contributed by atoms with van der Waals surface area (Å²) in [6.45, 7) is 6.87. The van der Waals surface area contributed by atoms with Crippen molar-refractivity contribution in [2.24, 2.45) is 0 Å². The van der Waals surface area contributed by atoms with E-state index < -0.39 is 0 Å². The van der Waals surface area contributed by atoms with E-state index in [1.165, 1.54) is 127 Å². The molecule has 8 heteroatoms. The van der Waals surface area contributed by atoms with Crippen LogP contribution in [-0.4, -0.2) is 11.3 Å².